The third-order valence-corrected chi connectivity index (χ3v) is 5.40. The van der Waals surface area contributed by atoms with Gasteiger partial charge in [-0.2, -0.15) is 0 Å². The van der Waals surface area contributed by atoms with Gasteiger partial charge in [0.25, 0.3) is 0 Å². The zero-order valence-electron chi connectivity index (χ0n) is 16.7. The molecule has 1 aliphatic rings. The molecule has 0 saturated carbocycles. The number of hydrogen-bond donors (Lipinski definition) is 1. The average Bonchev–Trinajstić information content (AvgIpc) is 2.77. The minimum Gasteiger partial charge on any atom is -0.489 e. The van der Waals surface area contributed by atoms with Crippen molar-refractivity contribution in [3.63, 3.8) is 0 Å². The van der Waals surface area contributed by atoms with Crippen molar-refractivity contribution in [2.24, 2.45) is 0 Å². The summed E-state index contributed by atoms with van der Waals surface area (Å²) in [5, 5.41) is 8.78. The summed E-state index contributed by atoms with van der Waals surface area (Å²) in [4.78, 5) is 13.0. The Morgan fingerprint density at radius 3 is 2.63 bits per heavy atom. The van der Waals surface area contributed by atoms with Crippen LogP contribution in [0.15, 0.2) is 66.7 Å². The quantitative estimate of drug-likeness (QED) is 0.563. The summed E-state index contributed by atoms with van der Waals surface area (Å²) in [7, 11) is 0. The Hall–Kier alpha value is -3.34. The van der Waals surface area contributed by atoms with Gasteiger partial charge >= 0.3 is 5.97 Å². The van der Waals surface area contributed by atoms with Crippen LogP contribution in [0.1, 0.15) is 29.5 Å². The van der Waals surface area contributed by atoms with E-state index in [1.165, 1.54) is 17.3 Å². The zero-order valence-corrected chi connectivity index (χ0v) is 16.7. The number of ether oxygens (including phenoxy) is 1. The lowest BCUT2D eigenvalue weighted by molar-refractivity contribution is -0.136. The van der Waals surface area contributed by atoms with Crippen LogP contribution in [-0.2, 0) is 24.2 Å². The van der Waals surface area contributed by atoms with Gasteiger partial charge in [0.05, 0.1) is 5.69 Å². The molecule has 30 heavy (non-hydrogen) atoms. The highest BCUT2D eigenvalue weighted by molar-refractivity contribution is 5.71. The van der Waals surface area contributed by atoms with Gasteiger partial charge in [-0.05, 0) is 48.6 Å². The Bertz CT molecular complexity index is 1040. The first-order valence-corrected chi connectivity index (χ1v) is 10.2. The standard InChI is InChI=1S/C25H24FNO3/c26-23-16-22(13-11-18(23)12-14-24(28)29)30-17-20-7-4-6-19-8-5-15-27(25(19)20)21-9-2-1-3-10-21/h1-4,6-7,9-11,13,16H,5,8,12,14-15,17H2,(H,28,29). The fourth-order valence-corrected chi connectivity index (χ4v) is 3.94. The Balaban J connectivity index is 1.54. The fraction of sp³-hybridized carbons (Fsp3) is 0.240. The number of carboxylic acid groups (broad SMARTS) is 1. The highest BCUT2D eigenvalue weighted by Gasteiger charge is 2.21. The molecule has 3 aromatic rings. The van der Waals surface area contributed by atoms with Crippen molar-refractivity contribution < 1.29 is 19.0 Å². The van der Waals surface area contributed by atoms with E-state index in [4.69, 9.17) is 9.84 Å². The number of hydrogen-bond acceptors (Lipinski definition) is 3. The number of aryl methyl sites for hydroxylation is 2. The van der Waals surface area contributed by atoms with Gasteiger partial charge < -0.3 is 14.7 Å². The van der Waals surface area contributed by atoms with Crippen molar-refractivity contribution in [2.75, 3.05) is 11.4 Å². The number of nitrogens with zero attached hydrogens (tertiary/aromatic N) is 1. The highest BCUT2D eigenvalue weighted by Crippen LogP contribution is 2.36. The van der Waals surface area contributed by atoms with Crippen molar-refractivity contribution >= 4 is 17.3 Å². The van der Waals surface area contributed by atoms with E-state index in [9.17, 15) is 9.18 Å². The molecule has 154 valence electrons. The van der Waals surface area contributed by atoms with E-state index < -0.39 is 11.8 Å². The molecule has 0 bridgehead atoms. The van der Waals surface area contributed by atoms with Gasteiger partial charge in [-0.3, -0.25) is 4.79 Å². The first-order valence-electron chi connectivity index (χ1n) is 10.2. The number of para-hydroxylation sites is 2. The van der Waals surface area contributed by atoms with E-state index >= 15 is 0 Å². The zero-order chi connectivity index (χ0) is 20.9. The number of rotatable bonds is 7. The number of carboxylic acids is 1. The molecule has 0 atom stereocenters. The lowest BCUT2D eigenvalue weighted by Crippen LogP contribution is -2.26. The normalized spacial score (nSPS) is 13.0. The van der Waals surface area contributed by atoms with Crippen molar-refractivity contribution in [2.45, 2.75) is 32.3 Å². The molecular weight excluding hydrogens is 381 g/mol. The Labute approximate surface area is 175 Å². The van der Waals surface area contributed by atoms with Crippen molar-refractivity contribution in [3.8, 4) is 5.75 Å². The second-order valence-corrected chi connectivity index (χ2v) is 7.45. The second kappa shape index (κ2) is 8.99. The molecule has 0 amide bonds. The molecule has 1 heterocycles. The molecule has 1 N–H and O–H groups in total. The number of aliphatic carboxylic acids is 1. The summed E-state index contributed by atoms with van der Waals surface area (Å²) in [6.07, 6.45) is 2.19. The van der Waals surface area contributed by atoms with Crippen LogP contribution in [-0.4, -0.2) is 17.6 Å². The van der Waals surface area contributed by atoms with Crippen LogP contribution < -0.4 is 9.64 Å². The molecule has 0 aliphatic carbocycles. The molecular formula is C25H24FNO3. The van der Waals surface area contributed by atoms with E-state index in [-0.39, 0.29) is 12.8 Å². The first-order chi connectivity index (χ1) is 14.6. The molecule has 4 rings (SSSR count). The van der Waals surface area contributed by atoms with Crippen LogP contribution >= 0.6 is 0 Å². The predicted molar refractivity (Wildman–Crippen MR) is 115 cm³/mol. The largest absolute Gasteiger partial charge is 0.489 e. The lowest BCUT2D eigenvalue weighted by atomic mass is 9.97. The summed E-state index contributed by atoms with van der Waals surface area (Å²) >= 11 is 0. The maximum Gasteiger partial charge on any atom is 0.303 e. The van der Waals surface area contributed by atoms with Crippen LogP contribution in [0.25, 0.3) is 0 Å². The minimum atomic E-state index is -0.938. The maximum atomic E-state index is 14.3. The van der Waals surface area contributed by atoms with E-state index in [0.717, 1.165) is 30.6 Å². The molecule has 0 aromatic heterocycles. The van der Waals surface area contributed by atoms with E-state index in [2.05, 4.69) is 29.2 Å². The summed E-state index contributed by atoms with van der Waals surface area (Å²) in [5.41, 5.74) is 5.07. The SMILES string of the molecule is O=C(O)CCc1ccc(OCc2cccc3c2N(c2ccccc2)CCC3)cc1F. The van der Waals surface area contributed by atoms with E-state index in [1.807, 2.05) is 24.3 Å². The second-order valence-electron chi connectivity index (χ2n) is 7.45. The molecule has 0 spiro atoms. The van der Waals surface area contributed by atoms with Crippen LogP contribution in [0.4, 0.5) is 15.8 Å². The van der Waals surface area contributed by atoms with Crippen LogP contribution in [0.2, 0.25) is 0 Å². The van der Waals surface area contributed by atoms with Gasteiger partial charge in [0.1, 0.15) is 18.2 Å². The van der Waals surface area contributed by atoms with Gasteiger partial charge in [-0.15, -0.1) is 0 Å². The molecule has 3 aromatic carbocycles. The Kier molecular flexibility index (Phi) is 5.98. The predicted octanol–water partition coefficient (Wildman–Crippen LogP) is 5.51. The fourth-order valence-electron chi connectivity index (χ4n) is 3.94. The average molecular weight is 405 g/mol. The topological polar surface area (TPSA) is 49.8 Å². The summed E-state index contributed by atoms with van der Waals surface area (Å²) in [5.74, 6) is -0.937. The Morgan fingerprint density at radius 2 is 1.87 bits per heavy atom. The minimum absolute atomic E-state index is 0.0946. The smallest absolute Gasteiger partial charge is 0.303 e. The third kappa shape index (κ3) is 4.46. The van der Waals surface area contributed by atoms with Crippen LogP contribution in [0, 0.1) is 5.82 Å². The summed E-state index contributed by atoms with van der Waals surface area (Å²) < 4.78 is 20.2. The highest BCUT2D eigenvalue weighted by atomic mass is 19.1. The van der Waals surface area contributed by atoms with Gasteiger partial charge in [0, 0.05) is 30.3 Å². The molecule has 4 nitrogen and oxygen atoms in total. The Morgan fingerprint density at radius 1 is 1.03 bits per heavy atom. The first kappa shape index (κ1) is 20.0. The van der Waals surface area contributed by atoms with Gasteiger partial charge in [-0.1, -0.05) is 42.5 Å². The van der Waals surface area contributed by atoms with Gasteiger partial charge in [0.2, 0.25) is 0 Å². The molecule has 5 heteroatoms. The molecule has 0 unspecified atom stereocenters. The number of carbonyl (C=O) groups is 1. The van der Waals surface area contributed by atoms with E-state index in [1.54, 1.807) is 12.1 Å². The monoisotopic (exact) mass is 405 g/mol. The lowest BCUT2D eigenvalue weighted by Gasteiger charge is -2.33. The maximum absolute atomic E-state index is 14.3. The van der Waals surface area contributed by atoms with Crippen molar-refractivity contribution in [1.82, 2.24) is 0 Å². The number of halogens is 1. The van der Waals surface area contributed by atoms with Crippen molar-refractivity contribution in [1.29, 1.82) is 0 Å². The van der Waals surface area contributed by atoms with Crippen LogP contribution in [0.5, 0.6) is 5.75 Å². The molecule has 0 radical (unpaired) electrons. The molecule has 1 aliphatic heterocycles. The summed E-state index contributed by atoms with van der Waals surface area (Å²) in [6.45, 7) is 1.28. The number of fused-ring (bicyclic) bond motifs is 1. The third-order valence-electron chi connectivity index (χ3n) is 5.40. The van der Waals surface area contributed by atoms with E-state index in [0.29, 0.717) is 17.9 Å². The number of benzene rings is 3. The number of anilines is 2. The molecule has 0 fully saturated rings. The van der Waals surface area contributed by atoms with Gasteiger partial charge in [0.15, 0.2) is 0 Å². The summed E-state index contributed by atoms with van der Waals surface area (Å²) in [6, 6.07) is 21.2. The van der Waals surface area contributed by atoms with Gasteiger partial charge in [-0.25, -0.2) is 4.39 Å². The molecule has 0 saturated heterocycles. The van der Waals surface area contributed by atoms with Crippen LogP contribution in [0.3, 0.4) is 0 Å². The van der Waals surface area contributed by atoms with Crippen molar-refractivity contribution in [3.05, 3.63) is 89.2 Å².